The van der Waals surface area contributed by atoms with Crippen molar-refractivity contribution in [3.63, 3.8) is 0 Å². The summed E-state index contributed by atoms with van der Waals surface area (Å²) >= 11 is 7.25. The molecule has 152 valence electrons. The first-order valence-electron chi connectivity index (χ1n) is 9.59. The fraction of sp³-hybridized carbons (Fsp3) is 0.700. The van der Waals surface area contributed by atoms with E-state index in [9.17, 15) is 9.59 Å². The van der Waals surface area contributed by atoms with Crippen molar-refractivity contribution in [1.82, 2.24) is 10.2 Å². The molecule has 1 saturated heterocycles. The van der Waals surface area contributed by atoms with Crippen LogP contribution < -0.4 is 5.32 Å². The molecule has 1 atom stereocenters. The maximum absolute atomic E-state index is 12.6. The summed E-state index contributed by atoms with van der Waals surface area (Å²) in [6, 6.07) is 3.61. The number of hydrogen-bond donors (Lipinski definition) is 1. The van der Waals surface area contributed by atoms with E-state index in [0.29, 0.717) is 34.1 Å². The fourth-order valence-corrected chi connectivity index (χ4v) is 4.31. The standard InChI is InChI=1S/C20H31ClN2O3S/c1-13(2)12-15(22-18(24)16-6-7-17(21)27-16)14-8-10-23(11-9-14)19(25)26-20(3,4)5/h6-7,13-15H,8-12H2,1-5H3,(H,22,24)/t15-/m1/s1. The van der Waals surface area contributed by atoms with E-state index in [0.717, 1.165) is 19.3 Å². The van der Waals surface area contributed by atoms with Crippen LogP contribution in [-0.2, 0) is 4.74 Å². The minimum atomic E-state index is -0.482. The summed E-state index contributed by atoms with van der Waals surface area (Å²) in [6.45, 7) is 11.3. The van der Waals surface area contributed by atoms with Crippen LogP contribution in [0.4, 0.5) is 4.79 Å². The summed E-state index contributed by atoms with van der Waals surface area (Å²) < 4.78 is 6.09. The lowest BCUT2D eigenvalue weighted by molar-refractivity contribution is 0.0164. The summed E-state index contributed by atoms with van der Waals surface area (Å²) in [5.41, 5.74) is -0.482. The Kier molecular flexibility index (Phi) is 7.57. The van der Waals surface area contributed by atoms with Gasteiger partial charge in [0.15, 0.2) is 0 Å². The zero-order valence-electron chi connectivity index (χ0n) is 16.9. The van der Waals surface area contributed by atoms with Gasteiger partial charge in [-0.25, -0.2) is 4.79 Å². The first-order valence-corrected chi connectivity index (χ1v) is 10.8. The Morgan fingerprint density at radius 2 is 1.93 bits per heavy atom. The monoisotopic (exact) mass is 414 g/mol. The highest BCUT2D eigenvalue weighted by molar-refractivity contribution is 7.18. The average Bonchev–Trinajstić information content (AvgIpc) is 2.99. The number of piperidine rings is 1. The van der Waals surface area contributed by atoms with Crippen molar-refractivity contribution >= 4 is 34.9 Å². The molecule has 1 N–H and O–H groups in total. The largest absolute Gasteiger partial charge is 0.444 e. The maximum Gasteiger partial charge on any atom is 0.410 e. The van der Waals surface area contributed by atoms with E-state index >= 15 is 0 Å². The molecule has 0 saturated carbocycles. The molecular weight excluding hydrogens is 384 g/mol. The van der Waals surface area contributed by atoms with E-state index in [1.54, 1.807) is 17.0 Å². The van der Waals surface area contributed by atoms with Crippen molar-refractivity contribution in [1.29, 1.82) is 0 Å². The summed E-state index contributed by atoms with van der Waals surface area (Å²) in [4.78, 5) is 27.2. The molecule has 1 aliphatic rings. The zero-order chi connectivity index (χ0) is 20.2. The highest BCUT2D eigenvalue weighted by Gasteiger charge is 2.32. The van der Waals surface area contributed by atoms with Gasteiger partial charge in [-0.1, -0.05) is 25.4 Å². The minimum Gasteiger partial charge on any atom is -0.444 e. The van der Waals surface area contributed by atoms with Crippen molar-refractivity contribution in [2.45, 2.75) is 65.5 Å². The van der Waals surface area contributed by atoms with Gasteiger partial charge >= 0.3 is 6.09 Å². The van der Waals surface area contributed by atoms with Crippen LogP contribution in [0.1, 0.15) is 63.6 Å². The lowest BCUT2D eigenvalue weighted by Gasteiger charge is -2.37. The van der Waals surface area contributed by atoms with Crippen LogP contribution >= 0.6 is 22.9 Å². The van der Waals surface area contributed by atoms with Gasteiger partial charge in [0, 0.05) is 19.1 Å². The van der Waals surface area contributed by atoms with Crippen LogP contribution in [0.2, 0.25) is 4.34 Å². The molecule has 7 heteroatoms. The van der Waals surface area contributed by atoms with Gasteiger partial charge in [0.05, 0.1) is 9.21 Å². The molecule has 0 aromatic carbocycles. The van der Waals surface area contributed by atoms with Gasteiger partial charge in [-0.3, -0.25) is 4.79 Å². The molecule has 2 rings (SSSR count). The number of ether oxygens (including phenoxy) is 1. The molecule has 0 aliphatic carbocycles. The second-order valence-corrected chi connectivity index (χ2v) is 10.3. The molecule has 1 fully saturated rings. The molecule has 1 aromatic heterocycles. The summed E-state index contributed by atoms with van der Waals surface area (Å²) in [5.74, 6) is 0.767. The van der Waals surface area contributed by atoms with E-state index < -0.39 is 5.60 Å². The molecule has 0 bridgehead atoms. The van der Waals surface area contributed by atoms with Gasteiger partial charge in [-0.15, -0.1) is 11.3 Å². The number of likely N-dealkylation sites (tertiary alicyclic amines) is 1. The van der Waals surface area contributed by atoms with Crippen LogP contribution in [-0.4, -0.2) is 41.6 Å². The van der Waals surface area contributed by atoms with Crippen molar-refractivity contribution < 1.29 is 14.3 Å². The van der Waals surface area contributed by atoms with Crippen LogP contribution in [0.15, 0.2) is 12.1 Å². The van der Waals surface area contributed by atoms with Crippen LogP contribution in [0.3, 0.4) is 0 Å². The van der Waals surface area contributed by atoms with E-state index in [-0.39, 0.29) is 18.0 Å². The van der Waals surface area contributed by atoms with Crippen molar-refractivity contribution in [2.24, 2.45) is 11.8 Å². The molecule has 2 amide bonds. The Morgan fingerprint density at radius 1 is 1.30 bits per heavy atom. The van der Waals surface area contributed by atoms with Crippen LogP contribution in [0, 0.1) is 11.8 Å². The molecule has 0 spiro atoms. The lowest BCUT2D eigenvalue weighted by atomic mass is 9.85. The number of carbonyl (C=O) groups is 2. The Balaban J connectivity index is 1.95. The second-order valence-electron chi connectivity index (χ2n) is 8.62. The third kappa shape index (κ3) is 7.00. The van der Waals surface area contributed by atoms with Gasteiger partial charge in [-0.2, -0.15) is 0 Å². The Labute approximate surface area is 171 Å². The number of nitrogens with one attached hydrogen (secondary N) is 1. The normalized spacial score (nSPS) is 17.1. The topological polar surface area (TPSA) is 58.6 Å². The first-order chi connectivity index (χ1) is 12.5. The number of rotatable bonds is 5. The summed E-state index contributed by atoms with van der Waals surface area (Å²) in [5, 5.41) is 3.21. The molecule has 1 aromatic rings. The third-order valence-corrected chi connectivity index (χ3v) is 5.83. The Hall–Kier alpha value is -1.27. The zero-order valence-corrected chi connectivity index (χ0v) is 18.5. The smallest absolute Gasteiger partial charge is 0.410 e. The van der Waals surface area contributed by atoms with Crippen LogP contribution in [0.5, 0.6) is 0 Å². The highest BCUT2D eigenvalue weighted by Crippen LogP contribution is 2.27. The molecule has 1 aliphatic heterocycles. The molecular formula is C20H31ClN2O3S. The highest BCUT2D eigenvalue weighted by atomic mass is 35.5. The minimum absolute atomic E-state index is 0.0629. The summed E-state index contributed by atoms with van der Waals surface area (Å²) in [7, 11) is 0. The Bertz CT molecular complexity index is 646. The van der Waals surface area contributed by atoms with E-state index in [4.69, 9.17) is 16.3 Å². The van der Waals surface area contributed by atoms with Crippen molar-refractivity contribution in [3.8, 4) is 0 Å². The molecule has 5 nitrogen and oxygen atoms in total. The lowest BCUT2D eigenvalue weighted by Crippen LogP contribution is -2.48. The third-order valence-electron chi connectivity index (χ3n) is 4.60. The average molecular weight is 415 g/mol. The molecule has 0 radical (unpaired) electrons. The second kappa shape index (κ2) is 9.28. The van der Waals surface area contributed by atoms with Crippen molar-refractivity contribution in [3.05, 3.63) is 21.3 Å². The van der Waals surface area contributed by atoms with E-state index in [1.165, 1.54) is 11.3 Å². The SMILES string of the molecule is CC(C)C[C@@H](NC(=O)c1ccc(Cl)s1)C1CCN(C(=O)OC(C)(C)C)CC1. The number of nitrogens with zero attached hydrogens (tertiary/aromatic N) is 1. The van der Waals surface area contributed by atoms with Gasteiger partial charge in [0.2, 0.25) is 0 Å². The molecule has 0 unspecified atom stereocenters. The number of thiophene rings is 1. The number of hydrogen-bond acceptors (Lipinski definition) is 4. The van der Waals surface area contributed by atoms with E-state index in [1.807, 2.05) is 20.8 Å². The first kappa shape index (κ1) is 22.0. The maximum atomic E-state index is 12.6. The molecule has 27 heavy (non-hydrogen) atoms. The fourth-order valence-electron chi connectivity index (χ4n) is 3.36. The summed E-state index contributed by atoms with van der Waals surface area (Å²) in [6.07, 6.45) is 2.39. The number of amides is 2. The van der Waals surface area contributed by atoms with Crippen molar-refractivity contribution in [2.75, 3.05) is 13.1 Å². The van der Waals surface area contributed by atoms with Gasteiger partial charge in [0.1, 0.15) is 5.60 Å². The van der Waals surface area contributed by atoms with Gasteiger partial charge in [-0.05, 0) is 64.0 Å². The van der Waals surface area contributed by atoms with E-state index in [2.05, 4.69) is 19.2 Å². The quantitative estimate of drug-likeness (QED) is 0.720. The van der Waals surface area contributed by atoms with Gasteiger partial charge in [0.25, 0.3) is 5.91 Å². The molecule has 2 heterocycles. The van der Waals surface area contributed by atoms with Crippen LogP contribution in [0.25, 0.3) is 0 Å². The predicted octanol–water partition coefficient (Wildman–Crippen LogP) is 5.19. The predicted molar refractivity (Wildman–Crippen MR) is 111 cm³/mol. The Morgan fingerprint density at radius 3 is 2.41 bits per heavy atom. The van der Waals surface area contributed by atoms with Gasteiger partial charge < -0.3 is 15.0 Å². The number of carbonyl (C=O) groups excluding carboxylic acids is 2. The number of halogens is 1.